The summed E-state index contributed by atoms with van der Waals surface area (Å²) in [5.41, 5.74) is 5.37. The summed E-state index contributed by atoms with van der Waals surface area (Å²) in [5.74, 6) is -4.17. The van der Waals surface area contributed by atoms with Gasteiger partial charge in [0.05, 0.1) is 19.4 Å². The van der Waals surface area contributed by atoms with E-state index >= 15 is 0 Å². The van der Waals surface area contributed by atoms with Gasteiger partial charge in [-0.2, -0.15) is 0 Å². The van der Waals surface area contributed by atoms with Crippen LogP contribution in [0.1, 0.15) is 25.8 Å². The van der Waals surface area contributed by atoms with Crippen LogP contribution in [-0.4, -0.2) is 30.4 Å². The Morgan fingerprint density at radius 2 is 1.79 bits per heavy atom. The molecular weight excluding hydrogens is 322 g/mol. The van der Waals surface area contributed by atoms with Crippen LogP contribution in [0, 0.1) is 17.6 Å². The molecule has 1 aromatic rings. The molecule has 24 heavy (non-hydrogen) atoms. The minimum Gasteiger partial charge on any atom is -0.466 e. The van der Waals surface area contributed by atoms with Gasteiger partial charge in [0.15, 0.2) is 0 Å². The van der Waals surface area contributed by atoms with Gasteiger partial charge in [-0.1, -0.05) is 6.92 Å². The molecule has 0 aromatic heterocycles. The highest BCUT2D eigenvalue weighted by Crippen LogP contribution is 2.12. The quantitative estimate of drug-likeness (QED) is 0.690. The number of ether oxygens (including phenoxy) is 1. The molecular formula is C16H20F2N2O4. The van der Waals surface area contributed by atoms with E-state index in [0.717, 1.165) is 12.1 Å². The van der Waals surface area contributed by atoms with Crippen molar-refractivity contribution >= 4 is 17.8 Å². The minimum absolute atomic E-state index is 0.101. The monoisotopic (exact) mass is 342 g/mol. The summed E-state index contributed by atoms with van der Waals surface area (Å²) in [6, 6.07) is 1.63. The van der Waals surface area contributed by atoms with E-state index in [-0.39, 0.29) is 25.0 Å². The number of rotatable bonds is 8. The first-order chi connectivity index (χ1) is 11.2. The van der Waals surface area contributed by atoms with Crippen molar-refractivity contribution < 1.29 is 27.9 Å². The molecule has 0 saturated heterocycles. The van der Waals surface area contributed by atoms with Gasteiger partial charge in [-0.05, 0) is 30.5 Å². The Bertz CT molecular complexity index is 602. The Kier molecular flexibility index (Phi) is 7.29. The standard InChI is InChI=1S/C16H20F2N2O4/c1-3-24-14(22)4-9(2)15(16(19)23)20-13(21)7-10-5-11(17)8-12(18)6-10/h5-6,8-9,15H,3-4,7H2,1-2H3,(H2,19,23)(H,20,21)/t9-,15+/m1/s1. The van der Waals surface area contributed by atoms with Gasteiger partial charge in [-0.15, -0.1) is 0 Å². The van der Waals surface area contributed by atoms with Gasteiger partial charge >= 0.3 is 5.97 Å². The zero-order valence-corrected chi connectivity index (χ0v) is 13.5. The third-order valence-corrected chi connectivity index (χ3v) is 3.27. The van der Waals surface area contributed by atoms with Crippen LogP contribution < -0.4 is 11.1 Å². The highest BCUT2D eigenvalue weighted by molar-refractivity contribution is 5.88. The van der Waals surface area contributed by atoms with E-state index in [2.05, 4.69) is 5.32 Å². The van der Waals surface area contributed by atoms with Crippen molar-refractivity contribution in [1.82, 2.24) is 5.32 Å². The van der Waals surface area contributed by atoms with Crippen molar-refractivity contribution in [2.75, 3.05) is 6.61 Å². The molecule has 0 saturated carbocycles. The number of benzene rings is 1. The molecule has 0 fully saturated rings. The molecule has 6 nitrogen and oxygen atoms in total. The average Bonchev–Trinajstić information content (AvgIpc) is 2.43. The van der Waals surface area contributed by atoms with Gasteiger partial charge in [0.25, 0.3) is 0 Å². The zero-order valence-electron chi connectivity index (χ0n) is 13.5. The smallest absolute Gasteiger partial charge is 0.306 e. The van der Waals surface area contributed by atoms with Gasteiger partial charge in [-0.3, -0.25) is 14.4 Å². The molecule has 132 valence electrons. The van der Waals surface area contributed by atoms with Crippen molar-refractivity contribution in [3.05, 3.63) is 35.4 Å². The molecule has 3 N–H and O–H groups in total. The van der Waals surface area contributed by atoms with Crippen molar-refractivity contribution in [3.8, 4) is 0 Å². The van der Waals surface area contributed by atoms with E-state index in [9.17, 15) is 23.2 Å². The number of primary amides is 1. The normalized spacial score (nSPS) is 13.0. The van der Waals surface area contributed by atoms with E-state index in [1.807, 2.05) is 0 Å². The molecule has 0 heterocycles. The number of hydrogen-bond donors (Lipinski definition) is 2. The summed E-state index contributed by atoms with van der Waals surface area (Å²) in [5, 5.41) is 2.38. The molecule has 1 rings (SSSR count). The van der Waals surface area contributed by atoms with Crippen LogP contribution in [0.25, 0.3) is 0 Å². The van der Waals surface area contributed by atoms with Crippen LogP contribution in [0.5, 0.6) is 0 Å². The van der Waals surface area contributed by atoms with E-state index in [1.165, 1.54) is 0 Å². The predicted molar refractivity (Wildman–Crippen MR) is 81.6 cm³/mol. The third-order valence-electron chi connectivity index (χ3n) is 3.27. The Hall–Kier alpha value is -2.51. The fourth-order valence-corrected chi connectivity index (χ4v) is 2.22. The van der Waals surface area contributed by atoms with Gasteiger partial charge in [0.2, 0.25) is 11.8 Å². The summed E-state index contributed by atoms with van der Waals surface area (Å²) >= 11 is 0. The molecule has 0 radical (unpaired) electrons. The molecule has 0 bridgehead atoms. The van der Waals surface area contributed by atoms with Crippen LogP contribution in [0.3, 0.4) is 0 Å². The Balaban J connectivity index is 2.71. The van der Waals surface area contributed by atoms with Crippen LogP contribution in [0.15, 0.2) is 18.2 Å². The average molecular weight is 342 g/mol. The van der Waals surface area contributed by atoms with Crippen LogP contribution in [-0.2, 0) is 25.5 Å². The van der Waals surface area contributed by atoms with E-state index in [4.69, 9.17) is 10.5 Å². The molecule has 0 spiro atoms. The molecule has 2 amide bonds. The van der Waals surface area contributed by atoms with Crippen molar-refractivity contribution in [2.24, 2.45) is 11.7 Å². The van der Waals surface area contributed by atoms with E-state index < -0.39 is 41.4 Å². The van der Waals surface area contributed by atoms with Gasteiger partial charge in [0.1, 0.15) is 17.7 Å². The SMILES string of the molecule is CCOC(=O)C[C@@H](C)[C@H](NC(=O)Cc1cc(F)cc(F)c1)C(N)=O. The van der Waals surface area contributed by atoms with Gasteiger partial charge < -0.3 is 15.8 Å². The summed E-state index contributed by atoms with van der Waals surface area (Å²) in [6.07, 6.45) is -0.430. The van der Waals surface area contributed by atoms with Crippen molar-refractivity contribution in [3.63, 3.8) is 0 Å². The molecule has 8 heteroatoms. The fraction of sp³-hybridized carbons (Fsp3) is 0.438. The van der Waals surface area contributed by atoms with Crippen molar-refractivity contribution in [1.29, 1.82) is 0 Å². The number of nitrogens with two attached hydrogens (primary N) is 1. The lowest BCUT2D eigenvalue weighted by atomic mass is 9.97. The summed E-state index contributed by atoms with van der Waals surface area (Å²) in [4.78, 5) is 35.0. The molecule has 0 aliphatic heterocycles. The summed E-state index contributed by atoms with van der Waals surface area (Å²) < 4.78 is 31.0. The van der Waals surface area contributed by atoms with Crippen LogP contribution >= 0.6 is 0 Å². The summed E-state index contributed by atoms with van der Waals surface area (Å²) in [7, 11) is 0. The predicted octanol–water partition coefficient (Wildman–Crippen LogP) is 1.07. The minimum atomic E-state index is -1.10. The molecule has 0 unspecified atom stereocenters. The number of nitrogens with one attached hydrogen (secondary N) is 1. The second-order valence-corrected chi connectivity index (χ2v) is 5.39. The van der Waals surface area contributed by atoms with Gasteiger partial charge in [-0.25, -0.2) is 8.78 Å². The maximum Gasteiger partial charge on any atom is 0.306 e. The second kappa shape index (κ2) is 8.95. The first-order valence-corrected chi connectivity index (χ1v) is 7.42. The van der Waals surface area contributed by atoms with Crippen LogP contribution in [0.2, 0.25) is 0 Å². The molecule has 2 atom stereocenters. The lowest BCUT2D eigenvalue weighted by Gasteiger charge is -2.21. The first-order valence-electron chi connectivity index (χ1n) is 7.42. The Morgan fingerprint density at radius 3 is 2.29 bits per heavy atom. The number of amides is 2. The fourth-order valence-electron chi connectivity index (χ4n) is 2.22. The number of esters is 1. The first kappa shape index (κ1) is 19.5. The number of carbonyl (C=O) groups is 3. The number of carbonyl (C=O) groups excluding carboxylic acids is 3. The maximum absolute atomic E-state index is 13.1. The number of halogens is 2. The van der Waals surface area contributed by atoms with Gasteiger partial charge in [0, 0.05) is 6.07 Å². The third kappa shape index (κ3) is 6.31. The lowest BCUT2D eigenvalue weighted by molar-refractivity contribution is -0.144. The highest BCUT2D eigenvalue weighted by Gasteiger charge is 2.27. The second-order valence-electron chi connectivity index (χ2n) is 5.39. The zero-order chi connectivity index (χ0) is 18.3. The topological polar surface area (TPSA) is 98.5 Å². The maximum atomic E-state index is 13.1. The molecule has 0 aliphatic rings. The summed E-state index contributed by atoms with van der Waals surface area (Å²) in [6.45, 7) is 3.41. The number of hydrogen-bond acceptors (Lipinski definition) is 4. The molecule has 1 aromatic carbocycles. The van der Waals surface area contributed by atoms with Crippen molar-refractivity contribution in [2.45, 2.75) is 32.7 Å². The highest BCUT2D eigenvalue weighted by atomic mass is 19.1. The Labute approximate surface area is 138 Å². The van der Waals surface area contributed by atoms with E-state index in [1.54, 1.807) is 13.8 Å². The van der Waals surface area contributed by atoms with E-state index in [0.29, 0.717) is 6.07 Å². The molecule has 0 aliphatic carbocycles. The Morgan fingerprint density at radius 1 is 1.21 bits per heavy atom. The largest absolute Gasteiger partial charge is 0.466 e. The van der Waals surface area contributed by atoms with Crippen LogP contribution in [0.4, 0.5) is 8.78 Å². The lowest BCUT2D eigenvalue weighted by Crippen LogP contribution is -2.49.